The number of hydrogen-bond acceptors (Lipinski definition) is 5. The van der Waals surface area contributed by atoms with Gasteiger partial charge in [-0.2, -0.15) is 0 Å². The minimum Gasteiger partial charge on any atom is -0.497 e. The minimum atomic E-state index is -1.16. The molecule has 38 heavy (non-hydrogen) atoms. The van der Waals surface area contributed by atoms with Crippen LogP contribution in [0.25, 0.3) is 0 Å². The summed E-state index contributed by atoms with van der Waals surface area (Å²) in [6, 6.07) is 15.8. The Balaban J connectivity index is 1.61. The fraction of sp³-hybridized carbons (Fsp3) is 0.333. The summed E-state index contributed by atoms with van der Waals surface area (Å²) in [5.41, 5.74) is 2.02. The van der Waals surface area contributed by atoms with Crippen LogP contribution in [0.5, 0.6) is 11.5 Å². The number of rotatable bonds is 10. The lowest BCUT2D eigenvalue weighted by molar-refractivity contribution is 0.298. The van der Waals surface area contributed by atoms with Crippen LogP contribution in [0.15, 0.2) is 96.5 Å². The van der Waals surface area contributed by atoms with Crippen molar-refractivity contribution in [1.82, 2.24) is 0 Å². The van der Waals surface area contributed by atoms with Crippen LogP contribution in [-0.4, -0.2) is 44.2 Å². The van der Waals surface area contributed by atoms with Crippen LogP contribution in [0.3, 0.4) is 0 Å². The van der Waals surface area contributed by atoms with Crippen molar-refractivity contribution in [3.05, 3.63) is 108 Å². The molecule has 5 nitrogen and oxygen atoms in total. The van der Waals surface area contributed by atoms with E-state index in [9.17, 15) is 4.21 Å². The fourth-order valence-electron chi connectivity index (χ4n) is 4.82. The standard InChI is InChI=1S/C30H32Br2O5S/c1-34-25-9-5-7-21(15-25)29(31)17-27(36-3)13-11-23(29)19-38(33)20-24-12-14-28(37-4)18-30(24,32)22-8-6-10-26(16-22)35-2/h5-18,23-24H,19-20H2,1-4H3. The van der Waals surface area contributed by atoms with Crippen LogP contribution in [0.4, 0.5) is 0 Å². The second-order valence-electron chi connectivity index (χ2n) is 9.21. The minimum absolute atomic E-state index is 0.0754. The Kier molecular flexibility index (Phi) is 9.27. The summed E-state index contributed by atoms with van der Waals surface area (Å²) >= 11 is 8.00. The van der Waals surface area contributed by atoms with Crippen molar-refractivity contribution < 1.29 is 23.2 Å². The lowest BCUT2D eigenvalue weighted by atomic mass is 9.83. The molecule has 202 valence electrons. The van der Waals surface area contributed by atoms with Gasteiger partial charge in [0.1, 0.15) is 23.0 Å². The first-order valence-electron chi connectivity index (χ1n) is 12.2. The van der Waals surface area contributed by atoms with Gasteiger partial charge in [-0.15, -0.1) is 0 Å². The molecule has 0 aliphatic heterocycles. The summed E-state index contributed by atoms with van der Waals surface area (Å²) in [5, 5.41) is 0. The molecule has 0 bridgehead atoms. The number of methoxy groups -OCH3 is 4. The van der Waals surface area contributed by atoms with Gasteiger partial charge in [0, 0.05) is 34.1 Å². The molecule has 0 saturated heterocycles. The van der Waals surface area contributed by atoms with Crippen molar-refractivity contribution in [1.29, 1.82) is 0 Å². The highest BCUT2D eigenvalue weighted by Gasteiger charge is 2.42. The molecule has 4 unspecified atom stereocenters. The zero-order chi connectivity index (χ0) is 27.3. The smallest absolute Gasteiger partial charge is 0.119 e. The molecule has 0 aromatic heterocycles. The molecule has 0 heterocycles. The Morgan fingerprint density at radius 1 is 0.711 bits per heavy atom. The maximum Gasteiger partial charge on any atom is 0.119 e. The lowest BCUT2D eigenvalue weighted by Gasteiger charge is -2.37. The summed E-state index contributed by atoms with van der Waals surface area (Å²) in [7, 11) is 5.45. The molecule has 2 aromatic rings. The van der Waals surface area contributed by atoms with Gasteiger partial charge in [-0.05, 0) is 59.7 Å². The Labute approximate surface area is 244 Å². The van der Waals surface area contributed by atoms with Gasteiger partial charge >= 0.3 is 0 Å². The van der Waals surface area contributed by atoms with E-state index in [1.807, 2.05) is 72.8 Å². The molecule has 2 aliphatic rings. The van der Waals surface area contributed by atoms with Crippen LogP contribution >= 0.6 is 31.9 Å². The SMILES string of the molecule is COC1=CC(Br)(c2cccc(OC)c2)C(CS(=O)CC2C=CC(OC)=CC2(Br)c2cccc(OC)c2)C=C1. The molecule has 0 spiro atoms. The summed E-state index contributed by atoms with van der Waals surface area (Å²) in [4.78, 5) is 0. The number of hydrogen-bond donors (Lipinski definition) is 0. The molecule has 4 rings (SSSR count). The Hall–Kier alpha value is -2.29. The van der Waals surface area contributed by atoms with E-state index in [1.54, 1.807) is 28.4 Å². The van der Waals surface area contributed by atoms with Gasteiger partial charge in [0.2, 0.25) is 0 Å². The quantitative estimate of drug-likeness (QED) is 0.263. The molecule has 0 saturated carbocycles. The summed E-state index contributed by atoms with van der Waals surface area (Å²) in [6.07, 6.45) is 12.1. The average Bonchev–Trinajstić information content (AvgIpc) is 2.95. The Morgan fingerprint density at radius 2 is 1.13 bits per heavy atom. The number of allylic oxidation sites excluding steroid dienone is 6. The maximum atomic E-state index is 13.8. The van der Waals surface area contributed by atoms with E-state index in [1.165, 1.54) is 0 Å². The van der Waals surface area contributed by atoms with Crippen LogP contribution in [0.2, 0.25) is 0 Å². The molecular weight excluding hydrogens is 632 g/mol. The molecule has 2 aromatic carbocycles. The van der Waals surface area contributed by atoms with Crippen LogP contribution in [-0.2, 0) is 28.9 Å². The zero-order valence-corrected chi connectivity index (χ0v) is 25.8. The third kappa shape index (κ3) is 5.97. The van der Waals surface area contributed by atoms with Gasteiger partial charge in [0.05, 0.1) is 37.1 Å². The Bertz CT molecular complexity index is 1210. The van der Waals surface area contributed by atoms with Crippen molar-refractivity contribution in [2.24, 2.45) is 11.8 Å². The van der Waals surface area contributed by atoms with Crippen LogP contribution < -0.4 is 9.47 Å². The van der Waals surface area contributed by atoms with Gasteiger partial charge in [-0.3, -0.25) is 4.21 Å². The third-order valence-corrected chi connectivity index (χ3v) is 11.0. The van der Waals surface area contributed by atoms with Gasteiger partial charge in [0.15, 0.2) is 0 Å². The summed E-state index contributed by atoms with van der Waals surface area (Å²) in [6.45, 7) is 0. The van der Waals surface area contributed by atoms with E-state index in [0.29, 0.717) is 11.5 Å². The second-order valence-corrected chi connectivity index (χ2v) is 13.4. The van der Waals surface area contributed by atoms with Crippen molar-refractivity contribution in [2.75, 3.05) is 39.9 Å². The zero-order valence-electron chi connectivity index (χ0n) is 21.9. The highest BCUT2D eigenvalue weighted by atomic mass is 79.9. The second kappa shape index (κ2) is 12.3. The third-order valence-electron chi connectivity index (χ3n) is 7.00. The van der Waals surface area contributed by atoms with E-state index >= 15 is 0 Å². The van der Waals surface area contributed by atoms with Crippen molar-refractivity contribution >= 4 is 42.7 Å². The molecule has 0 N–H and O–H groups in total. The maximum absolute atomic E-state index is 13.8. The Morgan fingerprint density at radius 3 is 1.50 bits per heavy atom. The fourth-order valence-corrected chi connectivity index (χ4v) is 8.51. The number of alkyl halides is 2. The monoisotopic (exact) mass is 662 g/mol. The van der Waals surface area contributed by atoms with Crippen molar-refractivity contribution in [3.8, 4) is 11.5 Å². The first-order chi connectivity index (χ1) is 18.2. The predicted octanol–water partition coefficient (Wildman–Crippen LogP) is 6.77. The molecule has 0 amide bonds. The lowest BCUT2D eigenvalue weighted by Crippen LogP contribution is -2.36. The topological polar surface area (TPSA) is 54.0 Å². The highest BCUT2D eigenvalue weighted by Crippen LogP contribution is 2.48. The number of benzene rings is 2. The largest absolute Gasteiger partial charge is 0.497 e. The predicted molar refractivity (Wildman–Crippen MR) is 161 cm³/mol. The first kappa shape index (κ1) is 28.7. The van der Waals surface area contributed by atoms with Gasteiger partial charge in [-0.1, -0.05) is 68.3 Å². The normalized spacial score (nSPS) is 27.2. The van der Waals surface area contributed by atoms with E-state index in [2.05, 4.69) is 44.0 Å². The van der Waals surface area contributed by atoms with Gasteiger partial charge in [0.25, 0.3) is 0 Å². The summed E-state index contributed by atoms with van der Waals surface area (Å²) < 4.78 is 34.7. The van der Waals surface area contributed by atoms with E-state index < -0.39 is 19.4 Å². The first-order valence-corrected chi connectivity index (χ1v) is 15.2. The molecule has 4 atom stereocenters. The van der Waals surface area contributed by atoms with Crippen LogP contribution in [0, 0.1) is 11.8 Å². The summed E-state index contributed by atoms with van der Waals surface area (Å²) in [5.74, 6) is 3.78. The molecule has 0 radical (unpaired) electrons. The number of halogens is 2. The average molecular weight is 664 g/mol. The molecule has 0 fully saturated rings. The van der Waals surface area contributed by atoms with Crippen molar-refractivity contribution in [2.45, 2.75) is 8.65 Å². The van der Waals surface area contributed by atoms with E-state index in [0.717, 1.165) is 34.1 Å². The van der Waals surface area contributed by atoms with E-state index in [-0.39, 0.29) is 11.8 Å². The van der Waals surface area contributed by atoms with Gasteiger partial charge in [-0.25, -0.2) is 0 Å². The molecular formula is C30H32Br2O5S. The number of ether oxygens (including phenoxy) is 4. The van der Waals surface area contributed by atoms with Gasteiger partial charge < -0.3 is 18.9 Å². The molecule has 8 heteroatoms. The van der Waals surface area contributed by atoms with E-state index in [4.69, 9.17) is 18.9 Å². The highest BCUT2D eigenvalue weighted by molar-refractivity contribution is 9.10. The van der Waals surface area contributed by atoms with Crippen LogP contribution in [0.1, 0.15) is 11.1 Å². The molecule has 2 aliphatic carbocycles. The van der Waals surface area contributed by atoms with Crippen molar-refractivity contribution in [3.63, 3.8) is 0 Å².